The van der Waals surface area contributed by atoms with E-state index in [1.807, 2.05) is 0 Å². The lowest BCUT2D eigenvalue weighted by molar-refractivity contribution is -0.154. The Morgan fingerprint density at radius 1 is 1.12 bits per heavy atom. The van der Waals surface area contributed by atoms with Gasteiger partial charge in [-0.1, -0.05) is 12.1 Å². The maximum absolute atomic E-state index is 12.8. The van der Waals surface area contributed by atoms with E-state index in [0.717, 1.165) is 0 Å². The predicted molar refractivity (Wildman–Crippen MR) is 112 cm³/mol. The summed E-state index contributed by atoms with van der Waals surface area (Å²) in [4.78, 5) is 27.7. The molecule has 0 unspecified atom stereocenters. The number of anilines is 1. The lowest BCUT2D eigenvalue weighted by Crippen LogP contribution is -2.41. The molecule has 1 aliphatic heterocycles. The number of ketones is 1. The average molecular weight is 485 g/mol. The third-order valence-electron chi connectivity index (χ3n) is 5.11. The summed E-state index contributed by atoms with van der Waals surface area (Å²) >= 11 is 0. The molecule has 0 aliphatic carbocycles. The molecule has 1 amide bonds. The fourth-order valence-corrected chi connectivity index (χ4v) is 4.78. The first-order valence-electron chi connectivity index (χ1n) is 10.0. The number of aromatic nitrogens is 1. The fourth-order valence-electron chi connectivity index (χ4n) is 3.31. The molecule has 1 saturated heterocycles. The van der Waals surface area contributed by atoms with Crippen LogP contribution in [0.5, 0.6) is 5.88 Å². The molecular formula is C21H22F3N3O5S. The average Bonchev–Trinajstić information content (AvgIpc) is 2.78. The molecular weight excluding hydrogens is 463 g/mol. The monoisotopic (exact) mass is 485 g/mol. The van der Waals surface area contributed by atoms with Crippen molar-refractivity contribution in [3.63, 3.8) is 0 Å². The van der Waals surface area contributed by atoms with Gasteiger partial charge in [-0.25, -0.2) is 13.4 Å². The van der Waals surface area contributed by atoms with Crippen LogP contribution in [0.4, 0.5) is 18.9 Å². The molecule has 1 aromatic carbocycles. The first-order valence-corrected chi connectivity index (χ1v) is 11.5. The topological polar surface area (TPSA) is 106 Å². The van der Waals surface area contributed by atoms with Crippen molar-refractivity contribution in [3.8, 4) is 5.88 Å². The smallest absolute Gasteiger partial charge is 0.422 e. The molecule has 1 fully saturated rings. The Labute approximate surface area is 188 Å². The Balaban J connectivity index is 1.53. The van der Waals surface area contributed by atoms with Crippen molar-refractivity contribution in [2.45, 2.75) is 30.8 Å². The number of carbonyl (C=O) groups is 2. The van der Waals surface area contributed by atoms with Gasteiger partial charge in [-0.3, -0.25) is 9.59 Å². The summed E-state index contributed by atoms with van der Waals surface area (Å²) in [6, 6.07) is 8.29. The maximum atomic E-state index is 12.8. The molecule has 12 heteroatoms. The number of piperidine rings is 1. The molecule has 33 heavy (non-hydrogen) atoms. The maximum Gasteiger partial charge on any atom is 0.422 e. The molecule has 0 atom stereocenters. The second-order valence-electron chi connectivity index (χ2n) is 7.54. The lowest BCUT2D eigenvalue weighted by atomic mass is 9.97. The van der Waals surface area contributed by atoms with Gasteiger partial charge in [0.1, 0.15) is 0 Å². The molecule has 0 radical (unpaired) electrons. The Morgan fingerprint density at radius 2 is 1.76 bits per heavy atom. The number of halogens is 3. The van der Waals surface area contributed by atoms with Crippen molar-refractivity contribution in [1.82, 2.24) is 9.29 Å². The largest absolute Gasteiger partial charge is 0.468 e. The van der Waals surface area contributed by atoms with Crippen LogP contribution >= 0.6 is 0 Å². The number of sulfonamides is 1. The summed E-state index contributed by atoms with van der Waals surface area (Å²) in [5.41, 5.74) is 0.707. The number of nitrogens with zero attached hydrogens (tertiary/aromatic N) is 2. The van der Waals surface area contributed by atoms with Crippen LogP contribution in [0.3, 0.4) is 0 Å². The van der Waals surface area contributed by atoms with E-state index in [2.05, 4.69) is 15.0 Å². The van der Waals surface area contributed by atoms with Crippen molar-refractivity contribution in [2.75, 3.05) is 25.0 Å². The summed E-state index contributed by atoms with van der Waals surface area (Å²) in [5, 5.41) is 2.63. The van der Waals surface area contributed by atoms with Crippen molar-refractivity contribution in [1.29, 1.82) is 0 Å². The molecule has 2 heterocycles. The van der Waals surface area contributed by atoms with Gasteiger partial charge >= 0.3 is 6.18 Å². The number of amides is 1. The zero-order valence-electron chi connectivity index (χ0n) is 17.6. The van der Waals surface area contributed by atoms with E-state index in [1.165, 1.54) is 53.8 Å². The zero-order chi connectivity index (χ0) is 24.2. The highest BCUT2D eigenvalue weighted by atomic mass is 32.2. The van der Waals surface area contributed by atoms with Gasteiger partial charge in [0, 0.05) is 30.6 Å². The summed E-state index contributed by atoms with van der Waals surface area (Å²) in [5.74, 6) is -1.15. The summed E-state index contributed by atoms with van der Waals surface area (Å²) < 4.78 is 68.0. The van der Waals surface area contributed by atoms with E-state index >= 15 is 0 Å². The molecule has 1 aliphatic rings. The van der Waals surface area contributed by atoms with Crippen molar-refractivity contribution in [3.05, 3.63) is 48.2 Å². The number of Topliss-reactive ketones (excluding diaryl/α,β-unsaturated/α-hetero) is 1. The van der Waals surface area contributed by atoms with Gasteiger partial charge in [0.05, 0.1) is 16.8 Å². The summed E-state index contributed by atoms with van der Waals surface area (Å²) in [6.45, 7) is 0.230. The van der Waals surface area contributed by atoms with E-state index in [1.54, 1.807) is 0 Å². The Hall–Kier alpha value is -2.99. The standard InChI is InChI=1S/C21H22F3N3O5S/c1-14(28)15-2-5-18(6-3-15)33(30,31)27-10-8-16(9-11-27)20(29)26-17-4-7-19(25-12-17)32-13-21(22,23)24/h2-7,12,16H,8-11,13H2,1H3,(H,26,29). The van der Waals surface area contributed by atoms with Crippen molar-refractivity contribution < 1.29 is 35.9 Å². The normalized spacial score (nSPS) is 15.8. The second-order valence-corrected chi connectivity index (χ2v) is 9.48. The number of ether oxygens (including phenoxy) is 1. The minimum atomic E-state index is -4.48. The van der Waals surface area contributed by atoms with Crippen molar-refractivity contribution in [2.24, 2.45) is 5.92 Å². The van der Waals surface area contributed by atoms with Crippen LogP contribution in [0.1, 0.15) is 30.1 Å². The molecule has 0 saturated carbocycles. The van der Waals surface area contributed by atoms with Gasteiger partial charge in [0.15, 0.2) is 12.4 Å². The molecule has 3 rings (SSSR count). The van der Waals surface area contributed by atoms with Crippen LogP contribution in [-0.4, -0.2) is 55.3 Å². The minimum absolute atomic E-state index is 0.0781. The minimum Gasteiger partial charge on any atom is -0.468 e. The Morgan fingerprint density at radius 3 is 2.27 bits per heavy atom. The highest BCUT2D eigenvalue weighted by molar-refractivity contribution is 7.89. The molecule has 0 bridgehead atoms. The molecule has 1 N–H and O–H groups in total. The van der Waals surface area contributed by atoms with Gasteiger partial charge in [-0.2, -0.15) is 17.5 Å². The van der Waals surface area contributed by atoms with Crippen LogP contribution < -0.4 is 10.1 Å². The number of benzene rings is 1. The number of carbonyl (C=O) groups excluding carboxylic acids is 2. The number of hydrogen-bond donors (Lipinski definition) is 1. The van der Waals surface area contributed by atoms with E-state index in [9.17, 15) is 31.2 Å². The van der Waals surface area contributed by atoms with E-state index in [4.69, 9.17) is 0 Å². The molecule has 178 valence electrons. The predicted octanol–water partition coefficient (Wildman–Crippen LogP) is 3.26. The van der Waals surface area contributed by atoms with Crippen LogP contribution in [0.25, 0.3) is 0 Å². The van der Waals surface area contributed by atoms with Crippen LogP contribution in [0.2, 0.25) is 0 Å². The summed E-state index contributed by atoms with van der Waals surface area (Å²) in [7, 11) is -3.75. The fraction of sp³-hybridized carbons (Fsp3) is 0.381. The van der Waals surface area contributed by atoms with E-state index in [0.29, 0.717) is 24.1 Å². The number of hydrogen-bond acceptors (Lipinski definition) is 6. The molecule has 1 aromatic heterocycles. The zero-order valence-corrected chi connectivity index (χ0v) is 18.4. The van der Waals surface area contributed by atoms with Crippen molar-refractivity contribution >= 4 is 27.4 Å². The van der Waals surface area contributed by atoms with Gasteiger partial charge in [0.2, 0.25) is 21.8 Å². The third kappa shape index (κ3) is 6.51. The van der Waals surface area contributed by atoms with Crippen LogP contribution in [0, 0.1) is 5.92 Å². The molecule has 2 aromatic rings. The highest BCUT2D eigenvalue weighted by Crippen LogP contribution is 2.25. The van der Waals surface area contributed by atoms with E-state index < -0.39 is 28.7 Å². The lowest BCUT2D eigenvalue weighted by Gasteiger charge is -2.30. The third-order valence-corrected chi connectivity index (χ3v) is 7.02. The molecule has 8 nitrogen and oxygen atoms in total. The first-order chi connectivity index (χ1) is 15.5. The van der Waals surface area contributed by atoms with Gasteiger partial charge in [0.25, 0.3) is 0 Å². The van der Waals surface area contributed by atoms with Crippen LogP contribution in [-0.2, 0) is 14.8 Å². The molecule has 0 spiro atoms. The quantitative estimate of drug-likeness (QED) is 0.604. The highest BCUT2D eigenvalue weighted by Gasteiger charge is 2.32. The van der Waals surface area contributed by atoms with E-state index in [-0.39, 0.29) is 35.6 Å². The van der Waals surface area contributed by atoms with Gasteiger partial charge in [-0.15, -0.1) is 0 Å². The van der Waals surface area contributed by atoms with Crippen LogP contribution in [0.15, 0.2) is 47.5 Å². The second kappa shape index (κ2) is 9.87. The SMILES string of the molecule is CC(=O)c1ccc(S(=O)(=O)N2CCC(C(=O)Nc3ccc(OCC(F)(F)F)nc3)CC2)cc1. The van der Waals surface area contributed by atoms with Gasteiger partial charge in [-0.05, 0) is 38.0 Å². The first kappa shape index (κ1) is 24.6. The Kier molecular flexibility index (Phi) is 7.38. The number of rotatable bonds is 7. The van der Waals surface area contributed by atoms with Gasteiger partial charge < -0.3 is 10.1 Å². The number of nitrogens with one attached hydrogen (secondary N) is 1. The summed E-state index contributed by atoms with van der Waals surface area (Å²) in [6.07, 6.45) is -2.68. The Bertz CT molecular complexity index is 1100. The number of pyridine rings is 1. The number of alkyl halides is 3.